The van der Waals surface area contributed by atoms with Crippen molar-refractivity contribution < 1.29 is 9.72 Å². The van der Waals surface area contributed by atoms with Gasteiger partial charge in [-0.1, -0.05) is 6.07 Å². The molecule has 0 aromatic heterocycles. The summed E-state index contributed by atoms with van der Waals surface area (Å²) in [7, 11) is 0. The van der Waals surface area contributed by atoms with Gasteiger partial charge in [0.1, 0.15) is 0 Å². The summed E-state index contributed by atoms with van der Waals surface area (Å²) in [6.45, 7) is 3.03. The number of fused-ring (bicyclic) bond motifs is 1. The molecule has 2 fully saturated rings. The van der Waals surface area contributed by atoms with Gasteiger partial charge in [-0.05, 0) is 37.7 Å². The highest BCUT2D eigenvalue weighted by atomic mass is 35.5. The predicted octanol–water partition coefficient (Wildman–Crippen LogP) is 2.13. The van der Waals surface area contributed by atoms with E-state index < -0.39 is 4.92 Å². The number of carbonyl (C=O) groups is 1. The molecule has 1 amide bonds. The Balaban J connectivity index is 0.00000176. The average molecular weight is 326 g/mol. The molecule has 1 saturated carbocycles. The number of halogens is 1. The Kier molecular flexibility index (Phi) is 4.72. The molecule has 2 aliphatic rings. The third-order valence-electron chi connectivity index (χ3n) is 4.93. The van der Waals surface area contributed by atoms with E-state index in [4.69, 9.17) is 5.73 Å². The van der Waals surface area contributed by atoms with Gasteiger partial charge in [-0.2, -0.15) is 0 Å². The monoisotopic (exact) mass is 325 g/mol. The van der Waals surface area contributed by atoms with E-state index in [-0.39, 0.29) is 30.0 Å². The molecule has 6 nitrogen and oxygen atoms in total. The van der Waals surface area contributed by atoms with Gasteiger partial charge in [-0.25, -0.2) is 0 Å². The zero-order valence-electron chi connectivity index (χ0n) is 12.4. The highest BCUT2D eigenvalue weighted by molar-refractivity contribution is 5.96. The number of nitrogens with zero attached hydrogens (tertiary/aromatic N) is 2. The van der Waals surface area contributed by atoms with Crippen LogP contribution in [0.4, 0.5) is 5.69 Å². The van der Waals surface area contributed by atoms with Crippen molar-refractivity contribution in [1.82, 2.24) is 4.90 Å². The Bertz CT molecular complexity index is 608. The number of nitrogens with two attached hydrogens (primary N) is 1. The SMILES string of the molecule is Cc1c(C(=O)N2CC3CCC(N)C3C2)cccc1[N+](=O)[O-].Cl. The van der Waals surface area contributed by atoms with Crippen LogP contribution in [0, 0.1) is 28.9 Å². The Hall–Kier alpha value is -1.66. The molecule has 1 saturated heterocycles. The van der Waals surface area contributed by atoms with Crippen LogP contribution in [-0.2, 0) is 0 Å². The number of amides is 1. The van der Waals surface area contributed by atoms with Gasteiger partial charge in [0.05, 0.1) is 4.92 Å². The Labute approximate surface area is 135 Å². The van der Waals surface area contributed by atoms with E-state index in [1.807, 2.05) is 0 Å². The lowest BCUT2D eigenvalue weighted by molar-refractivity contribution is -0.385. The molecule has 0 radical (unpaired) electrons. The largest absolute Gasteiger partial charge is 0.338 e. The van der Waals surface area contributed by atoms with Crippen molar-refractivity contribution in [2.45, 2.75) is 25.8 Å². The molecule has 2 N–H and O–H groups in total. The van der Waals surface area contributed by atoms with Gasteiger partial charge < -0.3 is 10.6 Å². The number of hydrogen-bond acceptors (Lipinski definition) is 4. The van der Waals surface area contributed by atoms with Crippen LogP contribution in [0.1, 0.15) is 28.8 Å². The summed E-state index contributed by atoms with van der Waals surface area (Å²) in [5.41, 5.74) is 6.95. The fraction of sp³-hybridized carbons (Fsp3) is 0.533. The molecule has 0 spiro atoms. The van der Waals surface area contributed by atoms with Crippen LogP contribution in [0.3, 0.4) is 0 Å². The molecule has 3 unspecified atom stereocenters. The molecule has 0 bridgehead atoms. The van der Waals surface area contributed by atoms with Crippen LogP contribution in [-0.4, -0.2) is 34.9 Å². The molecule has 1 aromatic rings. The van der Waals surface area contributed by atoms with Crippen LogP contribution in [0.5, 0.6) is 0 Å². The topological polar surface area (TPSA) is 89.5 Å². The zero-order chi connectivity index (χ0) is 15.1. The van der Waals surface area contributed by atoms with Crippen LogP contribution < -0.4 is 5.73 Å². The molecule has 120 valence electrons. The van der Waals surface area contributed by atoms with Gasteiger partial charge in [0.15, 0.2) is 0 Å². The predicted molar refractivity (Wildman–Crippen MR) is 85.2 cm³/mol. The lowest BCUT2D eigenvalue weighted by Gasteiger charge is -2.19. The number of nitro groups is 1. The minimum Gasteiger partial charge on any atom is -0.338 e. The second-order valence-electron chi connectivity index (χ2n) is 6.08. The molecule has 22 heavy (non-hydrogen) atoms. The summed E-state index contributed by atoms with van der Waals surface area (Å²) in [5, 5.41) is 11.0. The highest BCUT2D eigenvalue weighted by Crippen LogP contribution is 2.38. The first-order valence-corrected chi connectivity index (χ1v) is 7.28. The summed E-state index contributed by atoms with van der Waals surface area (Å²) in [6.07, 6.45) is 2.11. The fourth-order valence-electron chi connectivity index (χ4n) is 3.70. The lowest BCUT2D eigenvalue weighted by Crippen LogP contribution is -2.33. The lowest BCUT2D eigenvalue weighted by atomic mass is 9.98. The smallest absolute Gasteiger partial charge is 0.273 e. The van der Waals surface area contributed by atoms with E-state index in [1.54, 1.807) is 24.0 Å². The number of hydrogen-bond donors (Lipinski definition) is 1. The molecule has 1 aliphatic carbocycles. The summed E-state index contributed by atoms with van der Waals surface area (Å²) in [6, 6.07) is 4.85. The highest BCUT2D eigenvalue weighted by Gasteiger charge is 2.42. The van der Waals surface area contributed by atoms with Gasteiger partial charge in [-0.3, -0.25) is 14.9 Å². The number of carbonyl (C=O) groups excluding carboxylic acids is 1. The van der Waals surface area contributed by atoms with Crippen molar-refractivity contribution >= 4 is 24.0 Å². The molecule has 1 heterocycles. The normalized spacial score (nSPS) is 26.5. The first-order chi connectivity index (χ1) is 9.99. The van der Waals surface area contributed by atoms with E-state index in [1.165, 1.54) is 6.07 Å². The first kappa shape index (κ1) is 16.7. The van der Waals surface area contributed by atoms with Gasteiger partial charge in [0.2, 0.25) is 0 Å². The molecule has 3 atom stereocenters. The molecule has 1 aromatic carbocycles. The Morgan fingerprint density at radius 3 is 2.73 bits per heavy atom. The van der Waals surface area contributed by atoms with Crippen molar-refractivity contribution in [3.05, 3.63) is 39.4 Å². The van der Waals surface area contributed by atoms with Crippen LogP contribution in [0.2, 0.25) is 0 Å². The summed E-state index contributed by atoms with van der Waals surface area (Å²) < 4.78 is 0. The summed E-state index contributed by atoms with van der Waals surface area (Å²) >= 11 is 0. The van der Waals surface area contributed by atoms with Crippen LogP contribution in [0.25, 0.3) is 0 Å². The second kappa shape index (κ2) is 6.22. The number of likely N-dealkylation sites (tertiary alicyclic amines) is 1. The van der Waals surface area contributed by atoms with Gasteiger partial charge in [0, 0.05) is 36.3 Å². The maximum absolute atomic E-state index is 12.6. The molecular formula is C15H20ClN3O3. The average Bonchev–Trinajstić information content (AvgIpc) is 3.01. The number of benzene rings is 1. The van der Waals surface area contributed by atoms with E-state index in [2.05, 4.69) is 0 Å². The van der Waals surface area contributed by atoms with Gasteiger partial charge in [0.25, 0.3) is 11.6 Å². The minimum atomic E-state index is -0.444. The minimum absolute atomic E-state index is 0. The van der Waals surface area contributed by atoms with Crippen molar-refractivity contribution in [1.29, 1.82) is 0 Å². The molecule has 7 heteroatoms. The molecular weight excluding hydrogens is 306 g/mol. The quantitative estimate of drug-likeness (QED) is 0.666. The van der Waals surface area contributed by atoms with Crippen LogP contribution >= 0.6 is 12.4 Å². The van der Waals surface area contributed by atoms with Crippen molar-refractivity contribution in [2.75, 3.05) is 13.1 Å². The fourth-order valence-corrected chi connectivity index (χ4v) is 3.70. The van der Waals surface area contributed by atoms with Crippen LogP contribution in [0.15, 0.2) is 18.2 Å². The molecule has 3 rings (SSSR count). The Morgan fingerprint density at radius 1 is 1.36 bits per heavy atom. The maximum atomic E-state index is 12.6. The third kappa shape index (κ3) is 2.68. The second-order valence-corrected chi connectivity index (χ2v) is 6.08. The summed E-state index contributed by atoms with van der Waals surface area (Å²) in [5.74, 6) is 0.758. The van der Waals surface area contributed by atoms with Crippen molar-refractivity contribution in [3.8, 4) is 0 Å². The number of rotatable bonds is 2. The number of nitro benzene ring substituents is 1. The molecule has 1 aliphatic heterocycles. The summed E-state index contributed by atoms with van der Waals surface area (Å²) in [4.78, 5) is 25.0. The van der Waals surface area contributed by atoms with E-state index in [0.29, 0.717) is 29.5 Å². The van der Waals surface area contributed by atoms with Gasteiger partial charge >= 0.3 is 0 Å². The van der Waals surface area contributed by atoms with Crippen molar-refractivity contribution in [2.24, 2.45) is 17.6 Å². The van der Waals surface area contributed by atoms with Gasteiger partial charge in [-0.15, -0.1) is 12.4 Å². The van der Waals surface area contributed by atoms with Crippen molar-refractivity contribution in [3.63, 3.8) is 0 Å². The van der Waals surface area contributed by atoms with E-state index in [0.717, 1.165) is 19.4 Å². The first-order valence-electron chi connectivity index (χ1n) is 7.28. The standard InChI is InChI=1S/C15H19N3O3.ClH/c1-9-11(3-2-4-14(9)18(20)21)15(19)17-7-10-5-6-13(16)12(10)8-17;/h2-4,10,12-13H,5-8,16H2,1H3;1H. The van der Waals surface area contributed by atoms with E-state index >= 15 is 0 Å². The Morgan fingerprint density at radius 2 is 2.09 bits per heavy atom. The van der Waals surface area contributed by atoms with E-state index in [9.17, 15) is 14.9 Å². The zero-order valence-corrected chi connectivity index (χ0v) is 13.2. The maximum Gasteiger partial charge on any atom is 0.273 e. The third-order valence-corrected chi connectivity index (χ3v) is 4.93.